The van der Waals surface area contributed by atoms with Crippen LogP contribution in [0, 0.1) is 5.92 Å². The highest BCUT2D eigenvalue weighted by molar-refractivity contribution is 7.15. The molecule has 1 aromatic carbocycles. The van der Waals surface area contributed by atoms with Crippen LogP contribution in [0.3, 0.4) is 0 Å². The molecule has 24 heavy (non-hydrogen) atoms. The maximum atomic E-state index is 12.5. The molecule has 0 spiro atoms. The molecule has 0 saturated carbocycles. The molecule has 3 aromatic rings. The molecule has 2 heterocycles. The molecule has 5 heteroatoms. The van der Waals surface area contributed by atoms with Crippen molar-refractivity contribution in [1.29, 1.82) is 0 Å². The predicted octanol–water partition coefficient (Wildman–Crippen LogP) is 3.95. The smallest absolute Gasteiger partial charge is 0.227 e. The Balaban J connectivity index is 1.50. The van der Waals surface area contributed by atoms with Crippen molar-refractivity contribution in [2.45, 2.75) is 19.3 Å². The number of fused-ring (bicyclic) bond motifs is 1. The van der Waals surface area contributed by atoms with E-state index in [-0.39, 0.29) is 11.8 Å². The number of aryl methyl sites for hydroxylation is 1. The standard InChI is InChI=1S/C19H17N3OS/c23-18(21-15-4-2-1-3-5-15)14-6-7-16-17(12-14)24-19(22-16)13-8-10-20-11-9-13/h1-5,8-11,14H,6-7,12H2,(H,21,23). The summed E-state index contributed by atoms with van der Waals surface area (Å²) in [6.07, 6.45) is 6.06. The molecule has 0 bridgehead atoms. The van der Waals surface area contributed by atoms with Gasteiger partial charge in [0.25, 0.3) is 0 Å². The van der Waals surface area contributed by atoms with Crippen molar-refractivity contribution in [2.75, 3.05) is 5.32 Å². The van der Waals surface area contributed by atoms with Crippen LogP contribution in [-0.4, -0.2) is 15.9 Å². The van der Waals surface area contributed by atoms with E-state index >= 15 is 0 Å². The Hall–Kier alpha value is -2.53. The summed E-state index contributed by atoms with van der Waals surface area (Å²) < 4.78 is 0. The molecule has 4 nitrogen and oxygen atoms in total. The number of hydrogen-bond acceptors (Lipinski definition) is 4. The maximum Gasteiger partial charge on any atom is 0.227 e. The highest BCUT2D eigenvalue weighted by atomic mass is 32.1. The number of carbonyl (C=O) groups is 1. The monoisotopic (exact) mass is 335 g/mol. The zero-order valence-corrected chi connectivity index (χ0v) is 13.9. The Morgan fingerprint density at radius 3 is 2.71 bits per heavy atom. The van der Waals surface area contributed by atoms with E-state index in [1.54, 1.807) is 23.7 Å². The molecular formula is C19H17N3OS. The third kappa shape index (κ3) is 3.08. The highest BCUT2D eigenvalue weighted by Gasteiger charge is 2.27. The average molecular weight is 335 g/mol. The number of nitrogens with zero attached hydrogens (tertiary/aromatic N) is 2. The number of thiazole rings is 1. The van der Waals surface area contributed by atoms with E-state index in [1.807, 2.05) is 42.5 Å². The van der Waals surface area contributed by atoms with Gasteiger partial charge in [0.2, 0.25) is 5.91 Å². The molecule has 120 valence electrons. The van der Waals surface area contributed by atoms with Gasteiger partial charge in [-0.1, -0.05) is 18.2 Å². The summed E-state index contributed by atoms with van der Waals surface area (Å²) in [5.74, 6) is 0.120. The van der Waals surface area contributed by atoms with Crippen LogP contribution in [0.25, 0.3) is 10.6 Å². The van der Waals surface area contributed by atoms with Crippen molar-refractivity contribution < 1.29 is 4.79 Å². The largest absolute Gasteiger partial charge is 0.326 e. The van der Waals surface area contributed by atoms with Crippen LogP contribution in [0.5, 0.6) is 0 Å². The molecule has 1 N–H and O–H groups in total. The van der Waals surface area contributed by atoms with E-state index in [0.717, 1.165) is 41.2 Å². The maximum absolute atomic E-state index is 12.5. The van der Waals surface area contributed by atoms with Crippen LogP contribution in [0.15, 0.2) is 54.9 Å². The molecule has 1 unspecified atom stereocenters. The summed E-state index contributed by atoms with van der Waals surface area (Å²) in [7, 11) is 0. The number of benzene rings is 1. The fraction of sp³-hybridized carbons (Fsp3) is 0.211. The molecule has 4 rings (SSSR count). The minimum absolute atomic E-state index is 0.0171. The summed E-state index contributed by atoms with van der Waals surface area (Å²) in [4.78, 5) is 22.6. The molecule has 0 aliphatic heterocycles. The summed E-state index contributed by atoms with van der Waals surface area (Å²) in [5, 5.41) is 4.04. The first-order valence-corrected chi connectivity index (χ1v) is 8.86. The fourth-order valence-corrected chi connectivity index (χ4v) is 4.18. The zero-order chi connectivity index (χ0) is 16.4. The lowest BCUT2D eigenvalue weighted by molar-refractivity contribution is -0.120. The van der Waals surface area contributed by atoms with Gasteiger partial charge in [-0.2, -0.15) is 0 Å². The number of nitrogens with one attached hydrogen (secondary N) is 1. The van der Waals surface area contributed by atoms with E-state index in [2.05, 4.69) is 10.3 Å². The Bertz CT molecular complexity index is 846. The van der Waals surface area contributed by atoms with Crippen molar-refractivity contribution in [3.63, 3.8) is 0 Å². The quantitative estimate of drug-likeness (QED) is 0.788. The second-order valence-corrected chi connectivity index (χ2v) is 7.00. The van der Waals surface area contributed by atoms with Crippen molar-refractivity contribution in [2.24, 2.45) is 5.92 Å². The van der Waals surface area contributed by atoms with Crippen molar-refractivity contribution in [1.82, 2.24) is 9.97 Å². The lowest BCUT2D eigenvalue weighted by atomic mass is 9.90. The van der Waals surface area contributed by atoms with Crippen LogP contribution < -0.4 is 5.32 Å². The topological polar surface area (TPSA) is 54.9 Å². The van der Waals surface area contributed by atoms with Gasteiger partial charge in [0.05, 0.1) is 5.69 Å². The summed E-state index contributed by atoms with van der Waals surface area (Å²) >= 11 is 1.70. The van der Waals surface area contributed by atoms with Crippen LogP contribution in [0.2, 0.25) is 0 Å². The molecule has 1 aliphatic carbocycles. The van der Waals surface area contributed by atoms with E-state index in [1.165, 1.54) is 4.88 Å². The molecule has 1 aliphatic rings. The number of carbonyl (C=O) groups excluding carboxylic acids is 1. The molecule has 0 fully saturated rings. The normalized spacial score (nSPS) is 16.4. The Morgan fingerprint density at radius 2 is 1.92 bits per heavy atom. The van der Waals surface area contributed by atoms with E-state index in [9.17, 15) is 4.79 Å². The van der Waals surface area contributed by atoms with Gasteiger partial charge in [0.15, 0.2) is 0 Å². The average Bonchev–Trinajstić information content (AvgIpc) is 3.06. The van der Waals surface area contributed by atoms with E-state index in [4.69, 9.17) is 4.98 Å². The zero-order valence-electron chi connectivity index (χ0n) is 13.1. The van der Waals surface area contributed by atoms with Gasteiger partial charge >= 0.3 is 0 Å². The second kappa shape index (κ2) is 6.53. The number of amides is 1. The first kappa shape index (κ1) is 15.0. The van der Waals surface area contributed by atoms with Crippen LogP contribution in [0.4, 0.5) is 5.69 Å². The van der Waals surface area contributed by atoms with Crippen molar-refractivity contribution >= 4 is 22.9 Å². The first-order valence-electron chi connectivity index (χ1n) is 8.04. The summed E-state index contributed by atoms with van der Waals surface area (Å²) in [6.45, 7) is 0. The number of pyridine rings is 1. The minimum Gasteiger partial charge on any atom is -0.326 e. The third-order valence-electron chi connectivity index (χ3n) is 4.28. The van der Waals surface area contributed by atoms with Gasteiger partial charge in [-0.05, 0) is 43.5 Å². The molecule has 0 radical (unpaired) electrons. The number of aromatic nitrogens is 2. The number of rotatable bonds is 3. The molecule has 2 aromatic heterocycles. The Labute approximate surface area is 144 Å². The molecular weight excluding hydrogens is 318 g/mol. The molecule has 1 amide bonds. The van der Waals surface area contributed by atoms with Gasteiger partial charge in [-0.15, -0.1) is 11.3 Å². The lowest BCUT2D eigenvalue weighted by Crippen LogP contribution is -2.27. The summed E-state index contributed by atoms with van der Waals surface area (Å²) in [6, 6.07) is 13.6. The lowest BCUT2D eigenvalue weighted by Gasteiger charge is -2.20. The number of para-hydroxylation sites is 1. The Kier molecular flexibility index (Phi) is 4.09. The van der Waals surface area contributed by atoms with Crippen molar-refractivity contribution in [3.05, 3.63) is 65.4 Å². The number of anilines is 1. The van der Waals surface area contributed by atoms with Gasteiger partial charge in [0, 0.05) is 34.4 Å². The van der Waals surface area contributed by atoms with Crippen LogP contribution in [-0.2, 0) is 17.6 Å². The second-order valence-electron chi connectivity index (χ2n) is 5.92. The van der Waals surface area contributed by atoms with Gasteiger partial charge in [-0.3, -0.25) is 9.78 Å². The Morgan fingerprint density at radius 1 is 1.12 bits per heavy atom. The van der Waals surface area contributed by atoms with Crippen molar-refractivity contribution in [3.8, 4) is 10.6 Å². The van der Waals surface area contributed by atoms with E-state index < -0.39 is 0 Å². The molecule has 0 saturated heterocycles. The summed E-state index contributed by atoms with van der Waals surface area (Å²) in [5.41, 5.74) is 3.10. The third-order valence-corrected chi connectivity index (χ3v) is 5.45. The van der Waals surface area contributed by atoms with Crippen LogP contribution >= 0.6 is 11.3 Å². The van der Waals surface area contributed by atoms with Crippen LogP contribution in [0.1, 0.15) is 17.0 Å². The minimum atomic E-state index is 0.0171. The SMILES string of the molecule is O=C(Nc1ccccc1)C1CCc2nc(-c3ccncc3)sc2C1. The van der Waals surface area contributed by atoms with Gasteiger partial charge in [-0.25, -0.2) is 4.98 Å². The predicted molar refractivity (Wildman–Crippen MR) is 95.9 cm³/mol. The van der Waals surface area contributed by atoms with Gasteiger partial charge < -0.3 is 5.32 Å². The van der Waals surface area contributed by atoms with Gasteiger partial charge in [0.1, 0.15) is 5.01 Å². The van der Waals surface area contributed by atoms with E-state index in [0.29, 0.717) is 0 Å². The molecule has 1 atom stereocenters. The highest BCUT2D eigenvalue weighted by Crippen LogP contribution is 2.34. The fourth-order valence-electron chi connectivity index (χ4n) is 2.98. The number of hydrogen-bond donors (Lipinski definition) is 1. The first-order chi connectivity index (χ1) is 11.8.